The van der Waals surface area contributed by atoms with Crippen LogP contribution in [-0.2, 0) is 4.79 Å². The first-order valence-electron chi connectivity index (χ1n) is 10.0. The lowest BCUT2D eigenvalue weighted by molar-refractivity contribution is -0.148. The fraction of sp³-hybridized carbons (Fsp3) is 0.381. The van der Waals surface area contributed by atoms with Crippen molar-refractivity contribution in [1.29, 1.82) is 0 Å². The van der Waals surface area contributed by atoms with Gasteiger partial charge in [0.05, 0.1) is 29.7 Å². The average Bonchev–Trinajstić information content (AvgIpc) is 3.16. The topological polar surface area (TPSA) is 106 Å². The lowest BCUT2D eigenvalue weighted by Gasteiger charge is -2.47. The Kier molecular flexibility index (Phi) is 4.34. The molecule has 3 heterocycles. The second-order valence-electron chi connectivity index (χ2n) is 8.17. The van der Waals surface area contributed by atoms with E-state index < -0.39 is 23.5 Å². The first-order chi connectivity index (χ1) is 14.4. The van der Waals surface area contributed by atoms with Crippen molar-refractivity contribution >= 4 is 28.5 Å². The molecule has 2 atom stereocenters. The number of nitrogens with zero attached hydrogens (tertiary/aromatic N) is 3. The van der Waals surface area contributed by atoms with Gasteiger partial charge in [-0.15, -0.1) is 0 Å². The maximum absolute atomic E-state index is 14.8. The van der Waals surface area contributed by atoms with Gasteiger partial charge in [-0.1, -0.05) is 0 Å². The summed E-state index contributed by atoms with van der Waals surface area (Å²) in [4.78, 5) is 19.9. The van der Waals surface area contributed by atoms with Crippen LogP contribution in [0.25, 0.3) is 16.7 Å². The average molecular weight is 413 g/mol. The van der Waals surface area contributed by atoms with Gasteiger partial charge in [-0.05, 0) is 43.6 Å². The van der Waals surface area contributed by atoms with E-state index in [9.17, 15) is 18.7 Å². The minimum absolute atomic E-state index is 0.105. The Morgan fingerprint density at radius 3 is 2.63 bits per heavy atom. The van der Waals surface area contributed by atoms with E-state index in [4.69, 9.17) is 5.73 Å². The number of nitrogen functional groups attached to an aromatic ring is 1. The summed E-state index contributed by atoms with van der Waals surface area (Å²) in [6.45, 7) is 0. The molecule has 4 N–H and O–H groups in total. The van der Waals surface area contributed by atoms with Gasteiger partial charge in [0.25, 0.3) is 0 Å². The summed E-state index contributed by atoms with van der Waals surface area (Å²) in [7, 11) is 0. The summed E-state index contributed by atoms with van der Waals surface area (Å²) in [5, 5.41) is 13.5. The van der Waals surface area contributed by atoms with E-state index in [-0.39, 0.29) is 29.4 Å². The predicted octanol–water partition coefficient (Wildman–Crippen LogP) is 3.58. The van der Waals surface area contributed by atoms with Gasteiger partial charge in [0.2, 0.25) is 0 Å². The summed E-state index contributed by atoms with van der Waals surface area (Å²) in [6.07, 6.45) is 7.40. The third kappa shape index (κ3) is 2.88. The summed E-state index contributed by atoms with van der Waals surface area (Å²) < 4.78 is 30.1. The van der Waals surface area contributed by atoms with Gasteiger partial charge in [0, 0.05) is 23.7 Å². The van der Waals surface area contributed by atoms with E-state index in [1.54, 1.807) is 16.8 Å². The quantitative estimate of drug-likeness (QED) is 0.604. The molecule has 7 nitrogen and oxygen atoms in total. The molecule has 9 heteroatoms. The second-order valence-corrected chi connectivity index (χ2v) is 8.17. The minimum atomic E-state index is -0.844. The molecular formula is C21H21F2N5O2. The molecule has 0 radical (unpaired) electrons. The van der Waals surface area contributed by atoms with E-state index in [2.05, 4.69) is 15.3 Å². The number of hydrogen-bond acceptors (Lipinski definition) is 5. The van der Waals surface area contributed by atoms with Crippen molar-refractivity contribution in [2.45, 2.75) is 31.7 Å². The van der Waals surface area contributed by atoms with E-state index >= 15 is 0 Å². The van der Waals surface area contributed by atoms with Gasteiger partial charge >= 0.3 is 5.97 Å². The van der Waals surface area contributed by atoms with Crippen molar-refractivity contribution in [3.8, 4) is 5.69 Å². The molecule has 3 aromatic rings. The third-order valence-electron chi connectivity index (χ3n) is 6.61. The van der Waals surface area contributed by atoms with Crippen LogP contribution in [0.15, 0.2) is 30.7 Å². The van der Waals surface area contributed by atoms with E-state index in [0.29, 0.717) is 16.7 Å². The van der Waals surface area contributed by atoms with Crippen LogP contribution >= 0.6 is 0 Å². The molecule has 0 spiro atoms. The predicted molar refractivity (Wildman–Crippen MR) is 107 cm³/mol. The van der Waals surface area contributed by atoms with Crippen LogP contribution in [-0.4, -0.2) is 31.7 Å². The zero-order chi connectivity index (χ0) is 21.0. The number of carboxylic acid groups (broad SMARTS) is 1. The maximum atomic E-state index is 14.8. The number of aromatic nitrogens is 3. The van der Waals surface area contributed by atoms with Crippen molar-refractivity contribution in [1.82, 2.24) is 14.5 Å². The standard InChI is InChI=1S/C21H21F2N5O2/c22-12-7-15(19(24)25-8-12)28-6-5-13-18(14(23)9-26-20(13)28)27-17-11-3-1-10(2-4-11)16(17)21(29)30/h5-11,16-17H,1-4H2,(H2,24,25)(H,26,27)(H,29,30)/t10?,11?,16-,17-/m0/s1. The first-order valence-corrected chi connectivity index (χ1v) is 10.0. The number of anilines is 2. The Balaban J connectivity index is 1.59. The van der Waals surface area contributed by atoms with Gasteiger partial charge in [-0.2, -0.15) is 0 Å². The first kappa shape index (κ1) is 18.8. The van der Waals surface area contributed by atoms with E-state index in [1.807, 2.05) is 0 Å². The van der Waals surface area contributed by atoms with Crippen molar-refractivity contribution in [2.24, 2.45) is 17.8 Å². The van der Waals surface area contributed by atoms with Gasteiger partial charge < -0.3 is 16.2 Å². The van der Waals surface area contributed by atoms with Crippen molar-refractivity contribution in [2.75, 3.05) is 11.1 Å². The number of nitrogens with one attached hydrogen (secondary N) is 1. The molecule has 30 heavy (non-hydrogen) atoms. The summed E-state index contributed by atoms with van der Waals surface area (Å²) in [5.41, 5.74) is 6.80. The number of aliphatic carboxylic acids is 1. The molecular weight excluding hydrogens is 392 g/mol. The summed E-state index contributed by atoms with van der Waals surface area (Å²) >= 11 is 0. The molecule has 0 unspecified atom stereocenters. The molecule has 0 saturated heterocycles. The largest absolute Gasteiger partial charge is 0.481 e. The highest BCUT2D eigenvalue weighted by atomic mass is 19.1. The van der Waals surface area contributed by atoms with Gasteiger partial charge in [-0.3, -0.25) is 9.36 Å². The highest BCUT2D eigenvalue weighted by molar-refractivity contribution is 5.92. The third-order valence-corrected chi connectivity index (χ3v) is 6.61. The number of pyridine rings is 2. The Hall–Kier alpha value is -3.23. The van der Waals surface area contributed by atoms with Crippen LogP contribution in [0.1, 0.15) is 25.7 Å². The molecule has 3 aliphatic carbocycles. The second kappa shape index (κ2) is 6.93. The fourth-order valence-electron chi connectivity index (χ4n) is 5.21. The molecule has 3 saturated carbocycles. The number of carboxylic acids is 1. The molecule has 2 bridgehead atoms. The Bertz CT molecular complexity index is 1140. The van der Waals surface area contributed by atoms with Crippen LogP contribution < -0.4 is 11.1 Å². The Morgan fingerprint density at radius 2 is 1.90 bits per heavy atom. The molecule has 0 amide bonds. The van der Waals surface area contributed by atoms with Crippen molar-refractivity contribution in [3.05, 3.63) is 42.4 Å². The maximum Gasteiger partial charge on any atom is 0.308 e. The number of fused-ring (bicyclic) bond motifs is 4. The molecule has 156 valence electrons. The zero-order valence-electron chi connectivity index (χ0n) is 16.1. The Morgan fingerprint density at radius 1 is 1.17 bits per heavy atom. The molecule has 0 aliphatic heterocycles. The van der Waals surface area contributed by atoms with Crippen LogP contribution in [0.2, 0.25) is 0 Å². The summed E-state index contributed by atoms with van der Waals surface area (Å²) in [6, 6.07) is 2.55. The molecule has 0 aromatic carbocycles. The molecule has 3 fully saturated rings. The van der Waals surface area contributed by atoms with Crippen LogP contribution in [0, 0.1) is 29.4 Å². The van der Waals surface area contributed by atoms with Crippen LogP contribution in [0.3, 0.4) is 0 Å². The number of carbonyl (C=O) groups is 1. The lowest BCUT2D eigenvalue weighted by Crippen LogP contribution is -2.51. The van der Waals surface area contributed by atoms with E-state index in [1.165, 1.54) is 6.07 Å². The van der Waals surface area contributed by atoms with Gasteiger partial charge in [0.1, 0.15) is 17.3 Å². The monoisotopic (exact) mass is 413 g/mol. The molecule has 3 aromatic heterocycles. The number of hydrogen-bond donors (Lipinski definition) is 3. The number of halogens is 2. The molecule has 6 rings (SSSR count). The van der Waals surface area contributed by atoms with Crippen molar-refractivity contribution in [3.63, 3.8) is 0 Å². The normalized spacial score (nSPS) is 25.5. The fourth-order valence-corrected chi connectivity index (χ4v) is 5.21. The number of nitrogens with two attached hydrogens (primary N) is 1. The zero-order valence-corrected chi connectivity index (χ0v) is 16.1. The molecule has 3 aliphatic rings. The SMILES string of the molecule is Nc1ncc(F)cc1-n1ccc2c(N[C@H]3C4CCC(CC4)[C@@H]3C(=O)O)c(F)cnc21. The minimum Gasteiger partial charge on any atom is -0.481 e. The summed E-state index contributed by atoms with van der Waals surface area (Å²) in [5.74, 6) is -2.10. The lowest BCUT2D eigenvalue weighted by atomic mass is 9.61. The van der Waals surface area contributed by atoms with Crippen LogP contribution in [0.5, 0.6) is 0 Å². The number of rotatable bonds is 4. The van der Waals surface area contributed by atoms with Gasteiger partial charge in [-0.25, -0.2) is 18.7 Å². The smallest absolute Gasteiger partial charge is 0.308 e. The van der Waals surface area contributed by atoms with Crippen molar-refractivity contribution < 1.29 is 18.7 Å². The van der Waals surface area contributed by atoms with E-state index in [0.717, 1.165) is 38.1 Å². The highest BCUT2D eigenvalue weighted by Gasteiger charge is 2.47. The van der Waals surface area contributed by atoms with Gasteiger partial charge in [0.15, 0.2) is 5.82 Å². The van der Waals surface area contributed by atoms with Crippen LogP contribution in [0.4, 0.5) is 20.3 Å². The Labute approximate surface area is 170 Å². The highest BCUT2D eigenvalue weighted by Crippen LogP contribution is 2.47.